The van der Waals surface area contributed by atoms with Gasteiger partial charge in [-0.2, -0.15) is 0 Å². The summed E-state index contributed by atoms with van der Waals surface area (Å²) in [6, 6.07) is 16.9. The van der Waals surface area contributed by atoms with Crippen LogP contribution in [0.4, 0.5) is 5.69 Å². The predicted octanol–water partition coefficient (Wildman–Crippen LogP) is 4.67. The Balaban J connectivity index is 2.00. The van der Waals surface area contributed by atoms with E-state index in [1.165, 1.54) is 16.8 Å². The van der Waals surface area contributed by atoms with Gasteiger partial charge in [-0.1, -0.05) is 51.8 Å². The molecule has 112 valence electrons. The van der Waals surface area contributed by atoms with Gasteiger partial charge in [0.25, 0.3) is 0 Å². The molecule has 1 atom stereocenters. The lowest BCUT2D eigenvalue weighted by molar-refractivity contribution is 0.630. The minimum Gasteiger partial charge on any atom is -0.372 e. The number of nitrogens with zero attached hydrogens (tertiary/aromatic N) is 1. The molecule has 0 saturated carbocycles. The molecule has 0 aliphatic rings. The van der Waals surface area contributed by atoms with Crippen LogP contribution in [0.25, 0.3) is 0 Å². The van der Waals surface area contributed by atoms with Crippen LogP contribution in [0.1, 0.15) is 30.5 Å². The van der Waals surface area contributed by atoms with Crippen molar-refractivity contribution in [2.75, 3.05) is 18.0 Å². The fraction of sp³-hybridized carbons (Fsp3) is 0.333. The molecule has 0 aliphatic heterocycles. The molecule has 0 fully saturated rings. The van der Waals surface area contributed by atoms with Crippen molar-refractivity contribution in [3.63, 3.8) is 0 Å². The van der Waals surface area contributed by atoms with E-state index in [1.807, 2.05) is 18.2 Å². The Kier molecular flexibility index (Phi) is 5.83. The standard InChI is InChI=1S/C18H23BrN2/c1-3-21(15-10-8-14(2)9-11-15)13-12-18(20)16-6-4-5-7-17(16)19/h4-11,18H,3,12-13,20H2,1-2H3. The quantitative estimate of drug-likeness (QED) is 0.823. The highest BCUT2D eigenvalue weighted by atomic mass is 79.9. The van der Waals surface area contributed by atoms with Crippen LogP contribution in [0.3, 0.4) is 0 Å². The van der Waals surface area contributed by atoms with Crippen molar-refractivity contribution in [3.05, 3.63) is 64.1 Å². The Hall–Kier alpha value is -1.32. The van der Waals surface area contributed by atoms with E-state index in [1.54, 1.807) is 0 Å². The molecule has 3 heteroatoms. The van der Waals surface area contributed by atoms with Crippen LogP contribution in [-0.2, 0) is 0 Å². The summed E-state index contributed by atoms with van der Waals surface area (Å²) in [6.07, 6.45) is 0.935. The van der Waals surface area contributed by atoms with Gasteiger partial charge in [-0.05, 0) is 44.0 Å². The van der Waals surface area contributed by atoms with Gasteiger partial charge >= 0.3 is 0 Å². The van der Waals surface area contributed by atoms with Gasteiger partial charge in [-0.3, -0.25) is 0 Å². The van der Waals surface area contributed by atoms with Crippen molar-refractivity contribution in [2.45, 2.75) is 26.3 Å². The summed E-state index contributed by atoms with van der Waals surface area (Å²) < 4.78 is 1.09. The molecule has 0 aliphatic carbocycles. The van der Waals surface area contributed by atoms with E-state index in [4.69, 9.17) is 5.73 Å². The molecule has 0 heterocycles. The van der Waals surface area contributed by atoms with Crippen LogP contribution in [0, 0.1) is 6.92 Å². The molecule has 2 N–H and O–H groups in total. The van der Waals surface area contributed by atoms with Gasteiger partial charge in [-0.15, -0.1) is 0 Å². The van der Waals surface area contributed by atoms with Crippen LogP contribution in [0.15, 0.2) is 53.0 Å². The van der Waals surface area contributed by atoms with Crippen LogP contribution in [-0.4, -0.2) is 13.1 Å². The fourth-order valence-corrected chi connectivity index (χ4v) is 3.03. The van der Waals surface area contributed by atoms with E-state index in [-0.39, 0.29) is 6.04 Å². The van der Waals surface area contributed by atoms with Crippen LogP contribution in [0.2, 0.25) is 0 Å². The number of halogens is 1. The smallest absolute Gasteiger partial charge is 0.0366 e. The van der Waals surface area contributed by atoms with Gasteiger partial charge in [-0.25, -0.2) is 0 Å². The van der Waals surface area contributed by atoms with Crippen molar-refractivity contribution in [1.29, 1.82) is 0 Å². The van der Waals surface area contributed by atoms with Gasteiger partial charge in [0.15, 0.2) is 0 Å². The van der Waals surface area contributed by atoms with E-state index in [2.05, 4.69) is 65.0 Å². The van der Waals surface area contributed by atoms with Gasteiger partial charge < -0.3 is 10.6 Å². The molecule has 21 heavy (non-hydrogen) atoms. The molecule has 0 bridgehead atoms. The molecule has 0 amide bonds. The Bertz CT molecular complexity index is 566. The molecule has 1 unspecified atom stereocenters. The minimum absolute atomic E-state index is 0.0556. The third-order valence-electron chi connectivity index (χ3n) is 3.80. The van der Waals surface area contributed by atoms with Crippen molar-refractivity contribution >= 4 is 21.6 Å². The van der Waals surface area contributed by atoms with Crippen molar-refractivity contribution in [3.8, 4) is 0 Å². The molecule has 0 aromatic heterocycles. The Morgan fingerprint density at radius 3 is 2.38 bits per heavy atom. The highest BCUT2D eigenvalue weighted by molar-refractivity contribution is 9.10. The van der Waals surface area contributed by atoms with E-state index in [0.29, 0.717) is 0 Å². The van der Waals surface area contributed by atoms with E-state index >= 15 is 0 Å². The maximum Gasteiger partial charge on any atom is 0.0366 e. The predicted molar refractivity (Wildman–Crippen MR) is 94.8 cm³/mol. The first-order valence-corrected chi connectivity index (χ1v) is 8.22. The SMILES string of the molecule is CCN(CCC(N)c1ccccc1Br)c1ccc(C)cc1. The lowest BCUT2D eigenvalue weighted by Crippen LogP contribution is -2.27. The lowest BCUT2D eigenvalue weighted by atomic mass is 10.0. The molecule has 0 radical (unpaired) electrons. The molecule has 2 aromatic rings. The summed E-state index contributed by atoms with van der Waals surface area (Å²) in [7, 11) is 0. The zero-order valence-corrected chi connectivity index (χ0v) is 14.3. The Morgan fingerprint density at radius 1 is 1.10 bits per heavy atom. The van der Waals surface area contributed by atoms with E-state index in [0.717, 1.165) is 24.0 Å². The normalized spacial score (nSPS) is 12.2. The maximum atomic E-state index is 6.34. The van der Waals surface area contributed by atoms with Gasteiger partial charge in [0, 0.05) is 29.3 Å². The van der Waals surface area contributed by atoms with Crippen LogP contribution < -0.4 is 10.6 Å². The zero-order valence-electron chi connectivity index (χ0n) is 12.7. The second-order valence-electron chi connectivity index (χ2n) is 5.33. The first-order chi connectivity index (χ1) is 10.1. The number of anilines is 1. The maximum absolute atomic E-state index is 6.34. The topological polar surface area (TPSA) is 29.3 Å². The fourth-order valence-electron chi connectivity index (χ4n) is 2.45. The number of rotatable bonds is 6. The van der Waals surface area contributed by atoms with Crippen LogP contribution >= 0.6 is 15.9 Å². The molecule has 2 rings (SSSR count). The Morgan fingerprint density at radius 2 is 1.76 bits per heavy atom. The summed E-state index contributed by atoms with van der Waals surface area (Å²) in [4.78, 5) is 2.37. The number of benzene rings is 2. The first-order valence-electron chi connectivity index (χ1n) is 7.43. The Labute approximate surface area is 136 Å². The highest BCUT2D eigenvalue weighted by Gasteiger charge is 2.11. The van der Waals surface area contributed by atoms with Gasteiger partial charge in [0.1, 0.15) is 0 Å². The molecular formula is C18H23BrN2. The number of aryl methyl sites for hydroxylation is 1. The second kappa shape index (κ2) is 7.62. The van der Waals surface area contributed by atoms with Gasteiger partial charge in [0.2, 0.25) is 0 Å². The minimum atomic E-state index is 0.0556. The number of nitrogens with two attached hydrogens (primary N) is 1. The average Bonchev–Trinajstić information content (AvgIpc) is 2.49. The third kappa shape index (κ3) is 4.32. The molecular weight excluding hydrogens is 324 g/mol. The van der Waals surface area contributed by atoms with Crippen molar-refractivity contribution in [2.24, 2.45) is 5.73 Å². The molecule has 0 saturated heterocycles. The zero-order chi connectivity index (χ0) is 15.2. The van der Waals surface area contributed by atoms with Crippen molar-refractivity contribution in [1.82, 2.24) is 0 Å². The number of hydrogen-bond donors (Lipinski definition) is 1. The summed E-state index contributed by atoms with van der Waals surface area (Å²) in [6.45, 7) is 6.25. The highest BCUT2D eigenvalue weighted by Crippen LogP contribution is 2.24. The summed E-state index contributed by atoms with van der Waals surface area (Å²) in [5.74, 6) is 0. The lowest BCUT2D eigenvalue weighted by Gasteiger charge is -2.25. The molecule has 2 aromatic carbocycles. The first kappa shape index (κ1) is 16.1. The largest absolute Gasteiger partial charge is 0.372 e. The van der Waals surface area contributed by atoms with Gasteiger partial charge in [0.05, 0.1) is 0 Å². The summed E-state index contributed by atoms with van der Waals surface area (Å²) >= 11 is 3.58. The molecule has 0 spiro atoms. The van der Waals surface area contributed by atoms with Crippen LogP contribution in [0.5, 0.6) is 0 Å². The number of hydrogen-bond acceptors (Lipinski definition) is 2. The average molecular weight is 347 g/mol. The van der Waals surface area contributed by atoms with E-state index < -0.39 is 0 Å². The second-order valence-corrected chi connectivity index (χ2v) is 6.19. The van der Waals surface area contributed by atoms with Crippen molar-refractivity contribution < 1.29 is 0 Å². The monoisotopic (exact) mass is 346 g/mol. The summed E-state index contributed by atoms with van der Waals surface area (Å²) in [5.41, 5.74) is 10.1. The molecule has 2 nitrogen and oxygen atoms in total. The summed E-state index contributed by atoms with van der Waals surface area (Å²) in [5, 5.41) is 0. The third-order valence-corrected chi connectivity index (χ3v) is 4.52. The van der Waals surface area contributed by atoms with E-state index in [9.17, 15) is 0 Å².